The van der Waals surface area contributed by atoms with Crippen LogP contribution in [0.1, 0.15) is 22.3 Å². The van der Waals surface area contributed by atoms with Crippen molar-refractivity contribution in [3.05, 3.63) is 69.5 Å². The summed E-state index contributed by atoms with van der Waals surface area (Å²) in [5.41, 5.74) is 7.99. The predicted octanol–water partition coefficient (Wildman–Crippen LogP) is 4.31. The number of benzene rings is 2. The van der Waals surface area contributed by atoms with E-state index in [1.165, 1.54) is 22.3 Å². The van der Waals surface area contributed by atoms with Gasteiger partial charge in [-0.25, -0.2) is 4.85 Å². The van der Waals surface area contributed by atoms with Gasteiger partial charge in [-0.05, 0) is 37.5 Å². The van der Waals surface area contributed by atoms with Crippen LogP contribution in [-0.4, -0.2) is 4.68 Å². The molecule has 0 atom stereocenters. The summed E-state index contributed by atoms with van der Waals surface area (Å²) in [6, 6.07) is 5.88. The van der Waals surface area contributed by atoms with E-state index in [4.69, 9.17) is 13.1 Å². The maximum absolute atomic E-state index is 7.54. The predicted molar refractivity (Wildman–Crippen MR) is 89.3 cm³/mol. The molecule has 1 aromatic heterocycles. The normalized spacial score (nSPS) is 11.9. The highest BCUT2D eigenvalue weighted by Crippen LogP contribution is 2.39. The van der Waals surface area contributed by atoms with Gasteiger partial charge in [0.1, 0.15) is 11.2 Å². The zero-order valence-corrected chi connectivity index (χ0v) is 13.3. The van der Waals surface area contributed by atoms with Crippen molar-refractivity contribution in [2.45, 2.75) is 27.3 Å². The maximum Gasteiger partial charge on any atom is 0.224 e. The highest BCUT2D eigenvalue weighted by atomic mass is 15.4. The summed E-state index contributed by atoms with van der Waals surface area (Å²) < 4.78 is 4.27. The minimum Gasteiger partial charge on any atom is -0.250 e. The molecule has 4 heteroatoms. The van der Waals surface area contributed by atoms with Gasteiger partial charge in [0, 0.05) is 0 Å². The topological polar surface area (TPSA) is 17.5 Å². The van der Waals surface area contributed by atoms with Crippen LogP contribution in [-0.2, 0) is 6.54 Å². The van der Waals surface area contributed by atoms with E-state index < -0.39 is 0 Å². The van der Waals surface area contributed by atoms with Crippen molar-refractivity contribution in [2.75, 3.05) is 0 Å². The first kappa shape index (κ1) is 13.5. The van der Waals surface area contributed by atoms with Crippen LogP contribution in [0.3, 0.4) is 0 Å². The second kappa shape index (κ2) is 4.44. The van der Waals surface area contributed by atoms with E-state index >= 15 is 0 Å². The Balaban J connectivity index is 2.19. The number of fused-ring (bicyclic) bond motifs is 5. The monoisotopic (exact) mass is 299 g/mol. The molecule has 2 heterocycles. The minimum atomic E-state index is 0.420. The first-order chi connectivity index (χ1) is 11.1. The Morgan fingerprint density at radius 1 is 1.09 bits per heavy atom. The van der Waals surface area contributed by atoms with Crippen molar-refractivity contribution in [3.63, 3.8) is 0 Å². The summed E-state index contributed by atoms with van der Waals surface area (Å²) in [7, 11) is 0. The van der Waals surface area contributed by atoms with Crippen molar-refractivity contribution in [3.8, 4) is 5.69 Å². The molecule has 1 aliphatic heterocycles. The molecule has 23 heavy (non-hydrogen) atoms. The van der Waals surface area contributed by atoms with Gasteiger partial charge in [0.25, 0.3) is 0 Å². The molecule has 0 amide bonds. The van der Waals surface area contributed by atoms with Crippen molar-refractivity contribution >= 4 is 22.3 Å². The fourth-order valence-corrected chi connectivity index (χ4v) is 3.62. The van der Waals surface area contributed by atoms with Gasteiger partial charge < -0.3 is 0 Å². The summed E-state index contributed by atoms with van der Waals surface area (Å²) in [5.74, 6) is 0. The molecule has 0 saturated carbocycles. The Morgan fingerprint density at radius 3 is 2.57 bits per heavy atom. The van der Waals surface area contributed by atoms with Crippen LogP contribution in [0.15, 0.2) is 24.4 Å². The van der Waals surface area contributed by atoms with E-state index in [1.807, 2.05) is 6.07 Å². The molecule has 3 aromatic rings. The van der Waals surface area contributed by atoms with Crippen LogP contribution in [0.4, 0.5) is 11.4 Å². The summed E-state index contributed by atoms with van der Waals surface area (Å²) in [4.78, 5) is 7.18. The van der Waals surface area contributed by atoms with Crippen molar-refractivity contribution < 1.29 is 4.68 Å². The third-order valence-corrected chi connectivity index (χ3v) is 4.82. The van der Waals surface area contributed by atoms with E-state index in [-0.39, 0.29) is 0 Å². The van der Waals surface area contributed by atoms with Gasteiger partial charge in [-0.15, -0.1) is 9.36 Å². The molecule has 0 radical (unpaired) electrons. The average Bonchev–Trinajstić information content (AvgIpc) is 3.07. The molecule has 110 valence electrons. The molecule has 0 N–H and O–H groups in total. The molecule has 4 rings (SSSR count). The Hall–Kier alpha value is -3.11. The number of rotatable bonds is 0. The van der Waals surface area contributed by atoms with Crippen LogP contribution in [0.5, 0.6) is 0 Å². The van der Waals surface area contributed by atoms with E-state index in [0.29, 0.717) is 11.4 Å². The molecule has 2 aromatic carbocycles. The van der Waals surface area contributed by atoms with E-state index in [2.05, 4.69) is 52.1 Å². The summed E-state index contributed by atoms with van der Waals surface area (Å²) in [6.45, 7) is 22.1. The van der Waals surface area contributed by atoms with Crippen LogP contribution in [0, 0.1) is 33.9 Å². The Labute approximate surface area is 134 Å². The lowest BCUT2D eigenvalue weighted by atomic mass is 9.98. The quantitative estimate of drug-likeness (QED) is 0.340. The highest BCUT2D eigenvalue weighted by Gasteiger charge is 2.33. The zero-order valence-electron chi connectivity index (χ0n) is 13.3. The van der Waals surface area contributed by atoms with Gasteiger partial charge in [-0.2, -0.15) is 0 Å². The molecule has 0 saturated heterocycles. The van der Waals surface area contributed by atoms with Gasteiger partial charge in [0.2, 0.25) is 11.9 Å². The smallest absolute Gasteiger partial charge is 0.224 e. The number of hydrogen-bond donors (Lipinski definition) is 0. The maximum atomic E-state index is 7.54. The largest absolute Gasteiger partial charge is 0.250 e. The molecule has 1 aliphatic rings. The van der Waals surface area contributed by atoms with Crippen LogP contribution < -0.4 is 4.68 Å². The van der Waals surface area contributed by atoms with Gasteiger partial charge in [0.15, 0.2) is 12.2 Å². The van der Waals surface area contributed by atoms with Crippen molar-refractivity contribution in [1.82, 2.24) is 4.68 Å². The van der Waals surface area contributed by atoms with Crippen molar-refractivity contribution in [1.29, 1.82) is 0 Å². The molecule has 0 bridgehead atoms. The van der Waals surface area contributed by atoms with Gasteiger partial charge >= 0.3 is 0 Å². The summed E-state index contributed by atoms with van der Waals surface area (Å²) >= 11 is 0. The van der Waals surface area contributed by atoms with Gasteiger partial charge in [0.05, 0.1) is 24.1 Å². The van der Waals surface area contributed by atoms with E-state index in [1.54, 1.807) is 6.07 Å². The Bertz CT molecular complexity index is 1090. The van der Waals surface area contributed by atoms with Gasteiger partial charge in [-0.3, -0.25) is 4.85 Å². The lowest BCUT2D eigenvalue weighted by Gasteiger charge is -2.09. The van der Waals surface area contributed by atoms with E-state index in [9.17, 15) is 0 Å². The van der Waals surface area contributed by atoms with Crippen LogP contribution in [0.2, 0.25) is 0 Å². The Morgan fingerprint density at radius 2 is 1.87 bits per heavy atom. The summed E-state index contributed by atoms with van der Waals surface area (Å²) in [6.07, 6.45) is 2.08. The lowest BCUT2D eigenvalue weighted by molar-refractivity contribution is -0.749. The fourth-order valence-electron chi connectivity index (χ4n) is 3.62. The third-order valence-electron chi connectivity index (χ3n) is 4.82. The van der Waals surface area contributed by atoms with Gasteiger partial charge in [-0.1, -0.05) is 18.2 Å². The highest BCUT2D eigenvalue weighted by molar-refractivity contribution is 5.99. The standard InChI is InChI=1S/C19H15N4/c1-11-8-12(2)18-15(13(11)3)10-22-9-14-6-7-16(20-4)17(21-5)19(14)23(18)22/h6-9H,10H2,1-3H3/q+1. The van der Waals surface area contributed by atoms with Crippen molar-refractivity contribution in [2.24, 2.45) is 0 Å². The van der Waals surface area contributed by atoms with Crippen LogP contribution in [0.25, 0.3) is 26.3 Å². The lowest BCUT2D eigenvalue weighted by Crippen LogP contribution is -2.36. The molecular formula is C19H15N4+. The SMILES string of the molecule is [C-]#[N+]c1ccc2c[n+]3n(c2c1[N+]#[C-])-c1c(C)cc(C)c(C)c1C3. The third kappa shape index (κ3) is 1.61. The molecule has 0 unspecified atom stereocenters. The fraction of sp³-hybridized carbons (Fsp3) is 0.211. The number of aromatic nitrogens is 2. The molecule has 4 nitrogen and oxygen atoms in total. The van der Waals surface area contributed by atoms with E-state index in [0.717, 1.165) is 23.1 Å². The molecule has 0 aliphatic carbocycles. The minimum absolute atomic E-state index is 0.420. The molecule has 0 spiro atoms. The molecular weight excluding hydrogens is 284 g/mol. The first-order valence-electron chi connectivity index (χ1n) is 7.50. The summed E-state index contributed by atoms with van der Waals surface area (Å²) in [5, 5.41) is 1.01. The second-order valence-electron chi connectivity index (χ2n) is 6.10. The molecule has 0 fully saturated rings. The Kier molecular flexibility index (Phi) is 2.62. The average molecular weight is 299 g/mol. The zero-order chi connectivity index (χ0) is 16.3. The second-order valence-corrected chi connectivity index (χ2v) is 6.10. The number of nitrogens with zero attached hydrogens (tertiary/aromatic N) is 4. The van der Waals surface area contributed by atoms with Crippen LogP contribution >= 0.6 is 0 Å². The first-order valence-corrected chi connectivity index (χ1v) is 7.50. The number of aryl methyl sites for hydroxylation is 2. The number of hydrogen-bond acceptors (Lipinski definition) is 0.